The van der Waals surface area contributed by atoms with Crippen LogP contribution in [0.15, 0.2) is 34.9 Å². The molecule has 0 atom stereocenters. The summed E-state index contributed by atoms with van der Waals surface area (Å²) in [5.74, 6) is -0.592. The molecule has 0 spiro atoms. The van der Waals surface area contributed by atoms with Gasteiger partial charge in [0.2, 0.25) is 5.78 Å². The van der Waals surface area contributed by atoms with E-state index in [0.29, 0.717) is 11.0 Å². The van der Waals surface area contributed by atoms with E-state index in [-0.39, 0.29) is 29.1 Å². The monoisotopic (exact) mass is 286 g/mol. The molecule has 1 saturated heterocycles. The molecule has 1 aliphatic rings. The van der Waals surface area contributed by atoms with Gasteiger partial charge in [-0.25, -0.2) is 9.07 Å². The summed E-state index contributed by atoms with van der Waals surface area (Å²) in [6.45, 7) is 1.64. The number of nitrogens with zero attached hydrogens (tertiary/aromatic N) is 3. The first kappa shape index (κ1) is 12.2. The van der Waals surface area contributed by atoms with Crippen molar-refractivity contribution in [2.75, 3.05) is 13.1 Å². The summed E-state index contributed by atoms with van der Waals surface area (Å²) in [6.07, 6.45) is 1.61. The van der Waals surface area contributed by atoms with Crippen LogP contribution in [0, 0.1) is 5.82 Å². The molecule has 0 aliphatic carbocycles. The van der Waals surface area contributed by atoms with Crippen LogP contribution in [0.25, 0.3) is 11.0 Å². The SMILES string of the molecule is O=C(c1cn(C2CNC2)nn1)c1cc2cc(F)ccc2o1. The largest absolute Gasteiger partial charge is 0.453 e. The van der Waals surface area contributed by atoms with Gasteiger partial charge in [0.15, 0.2) is 11.5 Å². The summed E-state index contributed by atoms with van der Waals surface area (Å²) in [5.41, 5.74) is 0.691. The maximum Gasteiger partial charge on any atom is 0.250 e. The fourth-order valence-corrected chi connectivity index (χ4v) is 2.27. The fourth-order valence-electron chi connectivity index (χ4n) is 2.27. The van der Waals surface area contributed by atoms with Crippen LogP contribution in [0.2, 0.25) is 0 Å². The van der Waals surface area contributed by atoms with E-state index < -0.39 is 0 Å². The maximum atomic E-state index is 13.1. The van der Waals surface area contributed by atoms with Gasteiger partial charge in [-0.2, -0.15) is 0 Å². The Morgan fingerprint density at radius 2 is 2.24 bits per heavy atom. The van der Waals surface area contributed by atoms with Gasteiger partial charge in [0.05, 0.1) is 12.2 Å². The lowest BCUT2D eigenvalue weighted by atomic mass is 10.2. The molecule has 0 amide bonds. The van der Waals surface area contributed by atoms with Crippen molar-refractivity contribution in [3.63, 3.8) is 0 Å². The van der Waals surface area contributed by atoms with Crippen LogP contribution >= 0.6 is 0 Å². The Bertz CT molecular complexity index is 834. The van der Waals surface area contributed by atoms with E-state index in [0.717, 1.165) is 13.1 Å². The van der Waals surface area contributed by atoms with Gasteiger partial charge >= 0.3 is 0 Å². The third-order valence-electron chi connectivity index (χ3n) is 3.58. The second-order valence-corrected chi connectivity index (χ2v) is 5.02. The first-order chi connectivity index (χ1) is 10.2. The number of benzene rings is 1. The zero-order valence-corrected chi connectivity index (χ0v) is 10.9. The van der Waals surface area contributed by atoms with Crippen LogP contribution in [0.5, 0.6) is 0 Å². The number of fused-ring (bicyclic) bond motifs is 1. The highest BCUT2D eigenvalue weighted by Crippen LogP contribution is 2.22. The smallest absolute Gasteiger partial charge is 0.250 e. The normalized spacial score (nSPS) is 15.3. The number of hydrogen-bond acceptors (Lipinski definition) is 5. The number of nitrogens with one attached hydrogen (secondary N) is 1. The minimum Gasteiger partial charge on any atom is -0.453 e. The Hall–Kier alpha value is -2.54. The number of rotatable bonds is 3. The van der Waals surface area contributed by atoms with Crippen LogP contribution in [-0.4, -0.2) is 33.9 Å². The second-order valence-electron chi connectivity index (χ2n) is 5.02. The summed E-state index contributed by atoms with van der Waals surface area (Å²) in [6, 6.07) is 5.87. The molecule has 6 nitrogen and oxygen atoms in total. The van der Waals surface area contributed by atoms with E-state index in [2.05, 4.69) is 15.6 Å². The molecule has 21 heavy (non-hydrogen) atoms. The van der Waals surface area contributed by atoms with Crippen molar-refractivity contribution in [3.05, 3.63) is 47.7 Å². The standard InChI is InChI=1S/C14H11FN4O2/c15-9-1-2-12-8(3-9)4-13(21-12)14(20)11-7-19(18-17-11)10-5-16-6-10/h1-4,7,10,16H,5-6H2. The predicted octanol–water partition coefficient (Wildman–Crippen LogP) is 1.54. The Morgan fingerprint density at radius 3 is 3.00 bits per heavy atom. The van der Waals surface area contributed by atoms with Crippen LogP contribution in [0.3, 0.4) is 0 Å². The van der Waals surface area contributed by atoms with Crippen molar-refractivity contribution in [2.45, 2.75) is 6.04 Å². The molecule has 106 valence electrons. The van der Waals surface area contributed by atoms with Crippen LogP contribution in [0.4, 0.5) is 4.39 Å². The van der Waals surface area contributed by atoms with Crippen LogP contribution < -0.4 is 5.32 Å². The maximum absolute atomic E-state index is 13.1. The van der Waals surface area contributed by atoms with E-state index in [1.54, 1.807) is 10.9 Å². The van der Waals surface area contributed by atoms with E-state index >= 15 is 0 Å². The predicted molar refractivity (Wildman–Crippen MR) is 71.5 cm³/mol. The van der Waals surface area contributed by atoms with Gasteiger partial charge in [0.1, 0.15) is 11.4 Å². The van der Waals surface area contributed by atoms with Crippen LogP contribution in [-0.2, 0) is 0 Å². The molecule has 3 heterocycles. The second kappa shape index (κ2) is 4.49. The third-order valence-corrected chi connectivity index (χ3v) is 3.58. The first-order valence-corrected chi connectivity index (χ1v) is 6.57. The lowest BCUT2D eigenvalue weighted by Gasteiger charge is -2.26. The van der Waals surface area contributed by atoms with Gasteiger partial charge in [-0.05, 0) is 24.3 Å². The highest BCUT2D eigenvalue weighted by Gasteiger charge is 2.23. The average molecular weight is 286 g/mol. The highest BCUT2D eigenvalue weighted by atomic mass is 19.1. The van der Waals surface area contributed by atoms with Crippen molar-refractivity contribution >= 4 is 16.8 Å². The highest BCUT2D eigenvalue weighted by molar-refractivity contribution is 6.07. The first-order valence-electron chi connectivity index (χ1n) is 6.57. The molecule has 0 radical (unpaired) electrons. The van der Waals surface area contributed by atoms with Crippen LogP contribution in [0.1, 0.15) is 22.3 Å². The molecule has 1 N–H and O–H groups in total. The molecular weight excluding hydrogens is 275 g/mol. The van der Waals surface area contributed by atoms with Crippen molar-refractivity contribution < 1.29 is 13.6 Å². The van der Waals surface area contributed by atoms with E-state index in [4.69, 9.17) is 4.42 Å². The Kier molecular flexibility index (Phi) is 2.61. The summed E-state index contributed by atoms with van der Waals surface area (Å²) < 4.78 is 20.3. The van der Waals surface area contributed by atoms with Crippen molar-refractivity contribution in [3.8, 4) is 0 Å². The van der Waals surface area contributed by atoms with Gasteiger partial charge in [-0.3, -0.25) is 4.79 Å². The van der Waals surface area contributed by atoms with Crippen molar-refractivity contribution in [2.24, 2.45) is 0 Å². The summed E-state index contributed by atoms with van der Waals surface area (Å²) in [5, 5.41) is 11.5. The van der Waals surface area contributed by atoms with E-state index in [9.17, 15) is 9.18 Å². The quantitative estimate of drug-likeness (QED) is 0.739. The molecule has 3 aromatic rings. The molecule has 0 saturated carbocycles. The van der Waals surface area contributed by atoms with Crippen molar-refractivity contribution in [1.29, 1.82) is 0 Å². The van der Waals surface area contributed by atoms with Gasteiger partial charge < -0.3 is 9.73 Å². The Balaban J connectivity index is 1.67. The fraction of sp³-hybridized carbons (Fsp3) is 0.214. The molecule has 1 fully saturated rings. The van der Waals surface area contributed by atoms with Gasteiger partial charge in [0.25, 0.3) is 0 Å². The summed E-state index contributed by atoms with van der Waals surface area (Å²) in [4.78, 5) is 12.3. The molecule has 1 aliphatic heterocycles. The Labute approximate surface area is 118 Å². The zero-order valence-electron chi connectivity index (χ0n) is 10.9. The molecule has 7 heteroatoms. The zero-order chi connectivity index (χ0) is 14.4. The van der Waals surface area contributed by atoms with Gasteiger partial charge in [-0.15, -0.1) is 5.10 Å². The number of carbonyl (C=O) groups is 1. The Morgan fingerprint density at radius 1 is 1.38 bits per heavy atom. The van der Waals surface area contributed by atoms with Gasteiger partial charge in [-0.1, -0.05) is 5.21 Å². The molecule has 1 aromatic carbocycles. The molecular formula is C14H11FN4O2. The lowest BCUT2D eigenvalue weighted by Crippen LogP contribution is -2.43. The average Bonchev–Trinajstić information content (AvgIpc) is 3.02. The minimum atomic E-state index is -0.370. The number of furan rings is 1. The minimum absolute atomic E-state index is 0.134. The molecule has 0 bridgehead atoms. The van der Waals surface area contributed by atoms with Gasteiger partial charge in [0, 0.05) is 18.5 Å². The van der Waals surface area contributed by atoms with Crippen molar-refractivity contribution in [1.82, 2.24) is 20.3 Å². The number of halogens is 1. The number of hydrogen-bond donors (Lipinski definition) is 1. The number of carbonyl (C=O) groups excluding carboxylic acids is 1. The number of ketones is 1. The molecule has 2 aromatic heterocycles. The summed E-state index contributed by atoms with van der Waals surface area (Å²) in [7, 11) is 0. The topological polar surface area (TPSA) is 73.0 Å². The molecule has 4 rings (SSSR count). The number of aromatic nitrogens is 3. The van der Waals surface area contributed by atoms with E-state index in [1.165, 1.54) is 24.3 Å². The third kappa shape index (κ3) is 2.02. The van der Waals surface area contributed by atoms with E-state index in [1.807, 2.05) is 0 Å². The lowest BCUT2D eigenvalue weighted by molar-refractivity contribution is 0.101. The summed E-state index contributed by atoms with van der Waals surface area (Å²) >= 11 is 0. The molecule has 0 unspecified atom stereocenters.